The number of fused-ring (bicyclic) bond motifs is 1. The Kier molecular flexibility index (Phi) is 5.82. The van der Waals surface area contributed by atoms with Crippen LogP contribution in [0, 0.1) is 0 Å². The lowest BCUT2D eigenvalue weighted by Gasteiger charge is -2.09. The fourth-order valence-electron chi connectivity index (χ4n) is 2.96. The Hall–Kier alpha value is -2.93. The third kappa shape index (κ3) is 4.67. The molecule has 1 aromatic heterocycles. The van der Waals surface area contributed by atoms with Gasteiger partial charge in [-0.2, -0.15) is 0 Å². The smallest absolute Gasteiger partial charge is 0.231 e. The van der Waals surface area contributed by atoms with Gasteiger partial charge in [0.05, 0.1) is 5.75 Å². The van der Waals surface area contributed by atoms with E-state index in [0.29, 0.717) is 18.8 Å². The maximum absolute atomic E-state index is 12.1. The fourth-order valence-corrected chi connectivity index (χ4v) is 3.75. The quantitative estimate of drug-likeness (QED) is 0.594. The molecule has 4 rings (SSSR count). The molecule has 6 nitrogen and oxygen atoms in total. The van der Waals surface area contributed by atoms with Gasteiger partial charge in [-0.3, -0.25) is 4.79 Å². The Morgan fingerprint density at radius 1 is 1.11 bits per heavy atom. The van der Waals surface area contributed by atoms with Crippen LogP contribution < -0.4 is 14.8 Å². The van der Waals surface area contributed by atoms with Gasteiger partial charge in [0, 0.05) is 25.5 Å². The number of ether oxygens (including phenoxy) is 2. The van der Waals surface area contributed by atoms with Crippen molar-refractivity contribution in [2.45, 2.75) is 18.1 Å². The second-order valence-electron chi connectivity index (χ2n) is 6.40. The predicted molar refractivity (Wildman–Crippen MR) is 108 cm³/mol. The molecule has 144 valence electrons. The maximum atomic E-state index is 12.1. The minimum atomic E-state index is 0.0126. The Morgan fingerprint density at radius 3 is 2.86 bits per heavy atom. The first-order valence-corrected chi connectivity index (χ1v) is 10.1. The zero-order valence-corrected chi connectivity index (χ0v) is 16.2. The van der Waals surface area contributed by atoms with Crippen LogP contribution in [0.25, 0.3) is 0 Å². The van der Waals surface area contributed by atoms with Crippen LogP contribution in [0.3, 0.4) is 0 Å². The lowest BCUT2D eigenvalue weighted by atomic mass is 10.1. The van der Waals surface area contributed by atoms with E-state index in [0.717, 1.165) is 28.6 Å². The molecule has 3 aromatic rings. The standard InChI is InChI=1S/C21H21N3O3S/c25-20(22-9-8-16-4-2-1-3-5-16)14-28-21-23-10-11-24(21)13-17-6-7-18-19(12-17)27-15-26-18/h1-7,10-12H,8-9,13-15H2,(H,22,25). The van der Waals surface area contributed by atoms with Gasteiger partial charge < -0.3 is 19.4 Å². The van der Waals surface area contributed by atoms with Crippen LogP contribution in [-0.2, 0) is 17.8 Å². The number of carbonyl (C=O) groups excluding carboxylic acids is 1. The molecule has 0 spiro atoms. The fraction of sp³-hybridized carbons (Fsp3) is 0.238. The van der Waals surface area contributed by atoms with E-state index >= 15 is 0 Å². The summed E-state index contributed by atoms with van der Waals surface area (Å²) in [5.41, 5.74) is 2.31. The number of imidazole rings is 1. The van der Waals surface area contributed by atoms with E-state index in [-0.39, 0.29) is 12.7 Å². The van der Waals surface area contributed by atoms with Crippen molar-refractivity contribution in [2.24, 2.45) is 0 Å². The van der Waals surface area contributed by atoms with Crippen LogP contribution >= 0.6 is 11.8 Å². The lowest BCUT2D eigenvalue weighted by Crippen LogP contribution is -2.27. The molecule has 0 saturated heterocycles. The summed E-state index contributed by atoms with van der Waals surface area (Å²) in [6.45, 7) is 1.56. The number of nitrogens with zero attached hydrogens (tertiary/aromatic N) is 2. The Labute approximate surface area is 167 Å². The van der Waals surface area contributed by atoms with Crippen molar-refractivity contribution < 1.29 is 14.3 Å². The summed E-state index contributed by atoms with van der Waals surface area (Å²) in [5.74, 6) is 1.90. The van der Waals surface area contributed by atoms with Gasteiger partial charge in [0.1, 0.15) is 0 Å². The molecule has 0 fully saturated rings. The van der Waals surface area contributed by atoms with Crippen molar-refractivity contribution in [3.05, 3.63) is 72.1 Å². The second kappa shape index (κ2) is 8.84. The topological polar surface area (TPSA) is 65.4 Å². The molecule has 2 heterocycles. The normalized spacial score (nSPS) is 12.1. The lowest BCUT2D eigenvalue weighted by molar-refractivity contribution is -0.118. The van der Waals surface area contributed by atoms with E-state index in [1.807, 2.05) is 47.2 Å². The summed E-state index contributed by atoms with van der Waals surface area (Å²) in [5, 5.41) is 3.78. The van der Waals surface area contributed by atoms with Crippen LogP contribution in [-0.4, -0.2) is 34.5 Å². The van der Waals surface area contributed by atoms with Crippen LogP contribution in [0.5, 0.6) is 11.5 Å². The zero-order chi connectivity index (χ0) is 19.2. The van der Waals surface area contributed by atoms with Gasteiger partial charge in [-0.25, -0.2) is 4.98 Å². The molecule has 0 saturated carbocycles. The van der Waals surface area contributed by atoms with E-state index in [2.05, 4.69) is 22.4 Å². The first-order chi connectivity index (χ1) is 13.8. The van der Waals surface area contributed by atoms with Crippen molar-refractivity contribution in [1.82, 2.24) is 14.9 Å². The van der Waals surface area contributed by atoms with Gasteiger partial charge in [0.15, 0.2) is 16.7 Å². The molecule has 0 aliphatic carbocycles. The number of thioether (sulfide) groups is 1. The number of carbonyl (C=O) groups is 1. The zero-order valence-electron chi connectivity index (χ0n) is 15.3. The molecule has 0 atom stereocenters. The molecule has 1 aliphatic heterocycles. The number of aromatic nitrogens is 2. The van der Waals surface area contributed by atoms with Crippen molar-refractivity contribution in [2.75, 3.05) is 19.1 Å². The molecule has 7 heteroatoms. The summed E-state index contributed by atoms with van der Waals surface area (Å²) in [4.78, 5) is 16.5. The molecule has 28 heavy (non-hydrogen) atoms. The predicted octanol–water partition coefficient (Wildman–Crippen LogP) is 3.11. The van der Waals surface area contributed by atoms with Gasteiger partial charge in [0.25, 0.3) is 0 Å². The second-order valence-corrected chi connectivity index (χ2v) is 7.34. The van der Waals surface area contributed by atoms with Crippen LogP contribution in [0.15, 0.2) is 66.1 Å². The van der Waals surface area contributed by atoms with Gasteiger partial charge in [0.2, 0.25) is 12.7 Å². The van der Waals surface area contributed by atoms with Crippen molar-refractivity contribution in [3.63, 3.8) is 0 Å². The highest BCUT2D eigenvalue weighted by Crippen LogP contribution is 2.33. The van der Waals surface area contributed by atoms with Crippen LogP contribution in [0.1, 0.15) is 11.1 Å². The molecule has 0 bridgehead atoms. The molecule has 2 aromatic carbocycles. The average molecular weight is 395 g/mol. The summed E-state index contributed by atoms with van der Waals surface area (Å²) in [6, 6.07) is 16.0. The van der Waals surface area contributed by atoms with Crippen LogP contribution in [0.2, 0.25) is 0 Å². The summed E-state index contributed by atoms with van der Waals surface area (Å²) in [7, 11) is 0. The summed E-state index contributed by atoms with van der Waals surface area (Å²) < 4.78 is 12.8. The van der Waals surface area contributed by atoms with E-state index in [9.17, 15) is 4.79 Å². The highest BCUT2D eigenvalue weighted by Gasteiger charge is 2.14. The molecule has 0 radical (unpaired) electrons. The molecule has 1 amide bonds. The summed E-state index contributed by atoms with van der Waals surface area (Å²) >= 11 is 1.44. The third-order valence-corrected chi connectivity index (χ3v) is 5.38. The van der Waals surface area contributed by atoms with Crippen molar-refractivity contribution >= 4 is 17.7 Å². The summed E-state index contributed by atoms with van der Waals surface area (Å²) in [6.07, 6.45) is 4.50. The van der Waals surface area contributed by atoms with Gasteiger partial charge in [-0.05, 0) is 29.7 Å². The van der Waals surface area contributed by atoms with Gasteiger partial charge in [-0.15, -0.1) is 0 Å². The number of rotatable bonds is 8. The molecular formula is C21H21N3O3S. The average Bonchev–Trinajstić information content (AvgIpc) is 3.36. The van der Waals surface area contributed by atoms with Crippen molar-refractivity contribution in [3.8, 4) is 11.5 Å². The molecule has 1 N–H and O–H groups in total. The first-order valence-electron chi connectivity index (χ1n) is 9.11. The third-order valence-electron chi connectivity index (χ3n) is 4.38. The molecule has 1 aliphatic rings. The van der Waals surface area contributed by atoms with Crippen LogP contribution in [0.4, 0.5) is 0 Å². The van der Waals surface area contributed by atoms with Gasteiger partial charge >= 0.3 is 0 Å². The van der Waals surface area contributed by atoms with E-state index in [4.69, 9.17) is 9.47 Å². The minimum absolute atomic E-state index is 0.0126. The largest absolute Gasteiger partial charge is 0.454 e. The highest BCUT2D eigenvalue weighted by atomic mass is 32.2. The number of hydrogen-bond acceptors (Lipinski definition) is 5. The minimum Gasteiger partial charge on any atom is -0.454 e. The molecular weight excluding hydrogens is 374 g/mol. The Balaban J connectivity index is 1.26. The first kappa shape index (κ1) is 18.4. The number of amides is 1. The highest BCUT2D eigenvalue weighted by molar-refractivity contribution is 7.99. The maximum Gasteiger partial charge on any atom is 0.231 e. The monoisotopic (exact) mass is 395 g/mol. The Bertz CT molecular complexity index is 943. The molecule has 0 unspecified atom stereocenters. The van der Waals surface area contributed by atoms with Gasteiger partial charge in [-0.1, -0.05) is 48.2 Å². The number of hydrogen-bond donors (Lipinski definition) is 1. The number of nitrogens with one attached hydrogen (secondary N) is 1. The van der Waals surface area contributed by atoms with E-state index in [1.165, 1.54) is 17.3 Å². The number of benzene rings is 2. The van der Waals surface area contributed by atoms with E-state index < -0.39 is 0 Å². The van der Waals surface area contributed by atoms with E-state index in [1.54, 1.807) is 6.20 Å². The Morgan fingerprint density at radius 2 is 1.96 bits per heavy atom. The van der Waals surface area contributed by atoms with Crippen molar-refractivity contribution in [1.29, 1.82) is 0 Å². The SMILES string of the molecule is O=C(CSc1nccn1Cc1ccc2c(c1)OCO2)NCCc1ccccc1.